The highest BCUT2D eigenvalue weighted by atomic mass is 32.2. The summed E-state index contributed by atoms with van der Waals surface area (Å²) in [6.07, 6.45) is 2.84. The second-order valence-electron chi connectivity index (χ2n) is 4.41. The number of thioether (sulfide) groups is 1. The molecule has 1 N–H and O–H groups in total. The standard InChI is InChI=1S/C14H19NO2S/c1-17-7-6-15-14(16)10-11-4-5-13-12(9-11)3-2-8-18-13/h4-5,9H,2-3,6-8,10H2,1H3,(H,15,16). The van der Waals surface area contributed by atoms with Crippen LogP contribution < -0.4 is 5.32 Å². The van der Waals surface area contributed by atoms with Crippen LogP contribution in [0.15, 0.2) is 23.1 Å². The Hall–Kier alpha value is -1.00. The first-order valence-electron chi connectivity index (χ1n) is 6.30. The second-order valence-corrected chi connectivity index (χ2v) is 5.55. The summed E-state index contributed by atoms with van der Waals surface area (Å²) in [6, 6.07) is 6.39. The van der Waals surface area contributed by atoms with E-state index >= 15 is 0 Å². The summed E-state index contributed by atoms with van der Waals surface area (Å²) in [7, 11) is 1.63. The quantitative estimate of drug-likeness (QED) is 0.828. The molecule has 0 aliphatic carbocycles. The van der Waals surface area contributed by atoms with Gasteiger partial charge in [-0.1, -0.05) is 12.1 Å². The van der Waals surface area contributed by atoms with Gasteiger partial charge in [-0.15, -0.1) is 11.8 Å². The van der Waals surface area contributed by atoms with E-state index in [0.29, 0.717) is 19.6 Å². The van der Waals surface area contributed by atoms with Gasteiger partial charge >= 0.3 is 0 Å². The summed E-state index contributed by atoms with van der Waals surface area (Å²) in [5.41, 5.74) is 2.50. The molecule has 1 aliphatic rings. The van der Waals surface area contributed by atoms with Crippen molar-refractivity contribution in [2.75, 3.05) is 26.0 Å². The summed E-state index contributed by atoms with van der Waals surface area (Å²) in [5.74, 6) is 1.28. The first-order chi connectivity index (χ1) is 8.79. The van der Waals surface area contributed by atoms with Crippen LogP contribution in [0.4, 0.5) is 0 Å². The molecule has 2 rings (SSSR count). The molecule has 1 amide bonds. The largest absolute Gasteiger partial charge is 0.383 e. The van der Waals surface area contributed by atoms with Crippen molar-refractivity contribution >= 4 is 17.7 Å². The molecule has 0 saturated heterocycles. The lowest BCUT2D eigenvalue weighted by Gasteiger charge is -2.16. The van der Waals surface area contributed by atoms with Crippen LogP contribution >= 0.6 is 11.8 Å². The number of hydrogen-bond donors (Lipinski definition) is 1. The van der Waals surface area contributed by atoms with Gasteiger partial charge in [-0.05, 0) is 35.8 Å². The van der Waals surface area contributed by atoms with Gasteiger partial charge in [0.25, 0.3) is 0 Å². The minimum atomic E-state index is 0.0652. The van der Waals surface area contributed by atoms with Crippen LogP contribution in [0.3, 0.4) is 0 Å². The molecule has 1 heterocycles. The number of benzene rings is 1. The lowest BCUT2D eigenvalue weighted by Crippen LogP contribution is -2.28. The fourth-order valence-electron chi connectivity index (χ4n) is 2.06. The average molecular weight is 265 g/mol. The zero-order valence-electron chi connectivity index (χ0n) is 10.7. The number of amides is 1. The zero-order valence-corrected chi connectivity index (χ0v) is 11.5. The Morgan fingerprint density at radius 3 is 3.22 bits per heavy atom. The van der Waals surface area contributed by atoms with Gasteiger partial charge in [0.05, 0.1) is 13.0 Å². The molecule has 0 radical (unpaired) electrons. The molecule has 1 aliphatic heterocycles. The van der Waals surface area contributed by atoms with E-state index in [4.69, 9.17) is 4.74 Å². The number of carbonyl (C=O) groups is 1. The van der Waals surface area contributed by atoms with Crippen molar-refractivity contribution < 1.29 is 9.53 Å². The zero-order chi connectivity index (χ0) is 12.8. The molecule has 0 aromatic heterocycles. The first kappa shape index (κ1) is 13.4. The number of fused-ring (bicyclic) bond motifs is 1. The van der Waals surface area contributed by atoms with Gasteiger partial charge in [-0.25, -0.2) is 0 Å². The Balaban J connectivity index is 1.91. The van der Waals surface area contributed by atoms with Crippen molar-refractivity contribution in [1.29, 1.82) is 0 Å². The highest BCUT2D eigenvalue weighted by Gasteiger charge is 2.11. The van der Waals surface area contributed by atoms with Gasteiger partial charge in [-0.3, -0.25) is 4.79 Å². The van der Waals surface area contributed by atoms with E-state index in [0.717, 1.165) is 12.0 Å². The number of ether oxygens (including phenoxy) is 1. The van der Waals surface area contributed by atoms with Gasteiger partial charge in [0, 0.05) is 18.6 Å². The summed E-state index contributed by atoms with van der Waals surface area (Å²) in [6.45, 7) is 1.14. The maximum atomic E-state index is 11.7. The Morgan fingerprint density at radius 1 is 1.50 bits per heavy atom. The fourth-order valence-corrected chi connectivity index (χ4v) is 3.08. The molecule has 0 bridgehead atoms. The third-order valence-corrected chi connectivity index (χ3v) is 4.17. The predicted molar refractivity (Wildman–Crippen MR) is 74.1 cm³/mol. The van der Waals surface area contributed by atoms with Crippen molar-refractivity contribution in [2.24, 2.45) is 0 Å². The molecule has 1 aromatic rings. The Morgan fingerprint density at radius 2 is 2.39 bits per heavy atom. The van der Waals surface area contributed by atoms with E-state index in [2.05, 4.69) is 23.5 Å². The number of rotatable bonds is 5. The number of aryl methyl sites for hydroxylation is 1. The highest BCUT2D eigenvalue weighted by Crippen LogP contribution is 2.30. The van der Waals surface area contributed by atoms with Crippen LogP contribution in [-0.4, -0.2) is 31.9 Å². The Labute approximate surface area is 112 Å². The second kappa shape index (κ2) is 6.81. The molecular weight excluding hydrogens is 246 g/mol. The molecule has 0 fully saturated rings. The van der Waals surface area contributed by atoms with Crippen molar-refractivity contribution in [3.05, 3.63) is 29.3 Å². The third-order valence-electron chi connectivity index (χ3n) is 2.97. The number of nitrogens with one attached hydrogen (secondary N) is 1. The van der Waals surface area contributed by atoms with Crippen LogP contribution in [0.2, 0.25) is 0 Å². The summed E-state index contributed by atoms with van der Waals surface area (Å²) in [4.78, 5) is 13.1. The summed E-state index contributed by atoms with van der Waals surface area (Å²) in [5, 5.41) is 2.84. The van der Waals surface area contributed by atoms with Crippen LogP contribution in [0.1, 0.15) is 17.5 Å². The van der Waals surface area contributed by atoms with E-state index in [1.165, 1.54) is 22.6 Å². The number of carbonyl (C=O) groups excluding carboxylic acids is 1. The number of methoxy groups -OCH3 is 1. The predicted octanol–water partition coefficient (Wildman–Crippen LogP) is 2.03. The van der Waals surface area contributed by atoms with Gasteiger partial charge in [0.1, 0.15) is 0 Å². The molecule has 18 heavy (non-hydrogen) atoms. The van der Waals surface area contributed by atoms with E-state index in [9.17, 15) is 4.79 Å². The summed E-state index contributed by atoms with van der Waals surface area (Å²) >= 11 is 1.92. The summed E-state index contributed by atoms with van der Waals surface area (Å²) < 4.78 is 4.90. The van der Waals surface area contributed by atoms with Gasteiger partial charge in [-0.2, -0.15) is 0 Å². The molecule has 0 saturated carbocycles. The maximum absolute atomic E-state index is 11.7. The van der Waals surface area contributed by atoms with Crippen LogP contribution in [-0.2, 0) is 22.4 Å². The molecule has 0 unspecified atom stereocenters. The minimum absolute atomic E-state index is 0.0652. The smallest absolute Gasteiger partial charge is 0.224 e. The maximum Gasteiger partial charge on any atom is 0.224 e. The molecule has 98 valence electrons. The SMILES string of the molecule is COCCNC(=O)Cc1ccc2c(c1)CCCS2. The molecule has 3 nitrogen and oxygen atoms in total. The van der Waals surface area contributed by atoms with Crippen LogP contribution in [0.25, 0.3) is 0 Å². The minimum Gasteiger partial charge on any atom is -0.383 e. The van der Waals surface area contributed by atoms with Crippen molar-refractivity contribution in [2.45, 2.75) is 24.2 Å². The van der Waals surface area contributed by atoms with Crippen molar-refractivity contribution in [3.8, 4) is 0 Å². The normalized spacial score (nSPS) is 14.1. The van der Waals surface area contributed by atoms with E-state index in [1.54, 1.807) is 7.11 Å². The lowest BCUT2D eigenvalue weighted by atomic mass is 10.0. The molecule has 1 aromatic carbocycles. The lowest BCUT2D eigenvalue weighted by molar-refractivity contribution is -0.120. The van der Waals surface area contributed by atoms with E-state index < -0.39 is 0 Å². The molecule has 4 heteroatoms. The highest BCUT2D eigenvalue weighted by molar-refractivity contribution is 7.99. The molecule has 0 atom stereocenters. The van der Waals surface area contributed by atoms with Crippen molar-refractivity contribution in [3.63, 3.8) is 0 Å². The number of hydrogen-bond acceptors (Lipinski definition) is 3. The van der Waals surface area contributed by atoms with Gasteiger partial charge in [0.2, 0.25) is 5.91 Å². The molecule has 0 spiro atoms. The third kappa shape index (κ3) is 3.75. The van der Waals surface area contributed by atoms with Gasteiger partial charge in [0.15, 0.2) is 0 Å². The topological polar surface area (TPSA) is 38.3 Å². The fraction of sp³-hybridized carbons (Fsp3) is 0.500. The monoisotopic (exact) mass is 265 g/mol. The van der Waals surface area contributed by atoms with Gasteiger partial charge < -0.3 is 10.1 Å². The Bertz CT molecular complexity index is 420. The molecular formula is C14H19NO2S. The van der Waals surface area contributed by atoms with Crippen LogP contribution in [0, 0.1) is 0 Å². The van der Waals surface area contributed by atoms with E-state index in [-0.39, 0.29) is 5.91 Å². The van der Waals surface area contributed by atoms with Crippen LogP contribution in [0.5, 0.6) is 0 Å². The average Bonchev–Trinajstić information content (AvgIpc) is 2.39. The first-order valence-corrected chi connectivity index (χ1v) is 7.28. The Kier molecular flexibility index (Phi) is 5.08. The van der Waals surface area contributed by atoms with Crippen molar-refractivity contribution in [1.82, 2.24) is 5.32 Å². The van der Waals surface area contributed by atoms with E-state index in [1.807, 2.05) is 11.8 Å².